The van der Waals surface area contributed by atoms with Crippen molar-refractivity contribution in [3.63, 3.8) is 0 Å². The molecule has 0 bridgehead atoms. The van der Waals surface area contributed by atoms with Gasteiger partial charge < -0.3 is 15.4 Å². The fraction of sp³-hybridized carbons (Fsp3) is 0.300. The molecule has 2 aromatic carbocycles. The van der Waals surface area contributed by atoms with Gasteiger partial charge in [0.2, 0.25) is 11.8 Å². The Balaban J connectivity index is 1.43. The zero-order chi connectivity index (χ0) is 18.5. The van der Waals surface area contributed by atoms with Crippen molar-refractivity contribution >= 4 is 17.5 Å². The van der Waals surface area contributed by atoms with E-state index < -0.39 is 5.82 Å². The Kier molecular flexibility index (Phi) is 5.51. The number of benzene rings is 2. The zero-order valence-electron chi connectivity index (χ0n) is 14.5. The molecule has 3 rings (SSSR count). The number of hydrogen-bond donors (Lipinski definition) is 2. The first kappa shape index (κ1) is 17.9. The molecule has 0 aliphatic heterocycles. The van der Waals surface area contributed by atoms with Crippen LogP contribution in [0.25, 0.3) is 0 Å². The number of amides is 2. The van der Waals surface area contributed by atoms with Crippen molar-refractivity contribution < 1.29 is 18.7 Å². The van der Waals surface area contributed by atoms with E-state index in [1.807, 2.05) is 24.3 Å². The van der Waals surface area contributed by atoms with Crippen LogP contribution in [0.4, 0.5) is 10.1 Å². The minimum atomic E-state index is -0.412. The lowest BCUT2D eigenvalue weighted by Crippen LogP contribution is -2.29. The molecular formula is C20H21FN2O3. The molecule has 1 fully saturated rings. The van der Waals surface area contributed by atoms with Crippen molar-refractivity contribution in [3.8, 4) is 5.75 Å². The topological polar surface area (TPSA) is 67.4 Å². The van der Waals surface area contributed by atoms with Crippen LogP contribution in [0.15, 0.2) is 48.5 Å². The first-order valence-electron chi connectivity index (χ1n) is 8.54. The highest BCUT2D eigenvalue weighted by Crippen LogP contribution is 2.39. The predicted molar refractivity (Wildman–Crippen MR) is 96.3 cm³/mol. The standard InChI is InChI=1S/C20H21FN2O3/c1-26-16-7-2-4-13(10-16)8-9-22-19(24)17-12-18(17)20(25)23-15-6-3-5-14(21)11-15/h2-7,10-11,17-18H,8-9,12H2,1H3,(H,22,24)(H,23,25). The van der Waals surface area contributed by atoms with Gasteiger partial charge in [-0.05, 0) is 48.7 Å². The lowest BCUT2D eigenvalue weighted by atomic mass is 10.1. The molecule has 0 saturated heterocycles. The van der Waals surface area contributed by atoms with Gasteiger partial charge in [-0.2, -0.15) is 0 Å². The summed E-state index contributed by atoms with van der Waals surface area (Å²) in [6, 6.07) is 13.4. The van der Waals surface area contributed by atoms with Gasteiger partial charge in [-0.25, -0.2) is 4.39 Å². The molecule has 0 radical (unpaired) electrons. The number of anilines is 1. The summed E-state index contributed by atoms with van der Waals surface area (Å²) in [6.07, 6.45) is 1.21. The molecule has 26 heavy (non-hydrogen) atoms. The second-order valence-electron chi connectivity index (χ2n) is 6.34. The number of rotatable bonds is 7. The van der Waals surface area contributed by atoms with Gasteiger partial charge in [0, 0.05) is 12.2 Å². The molecule has 1 aliphatic rings. The van der Waals surface area contributed by atoms with Crippen LogP contribution >= 0.6 is 0 Å². The summed E-state index contributed by atoms with van der Waals surface area (Å²) in [5, 5.41) is 5.52. The SMILES string of the molecule is COc1cccc(CCNC(=O)C2CC2C(=O)Nc2cccc(F)c2)c1. The van der Waals surface area contributed by atoms with E-state index in [0.29, 0.717) is 25.1 Å². The number of nitrogens with one attached hydrogen (secondary N) is 2. The fourth-order valence-corrected chi connectivity index (χ4v) is 2.86. The summed E-state index contributed by atoms with van der Waals surface area (Å²) in [5.41, 5.74) is 1.47. The van der Waals surface area contributed by atoms with E-state index in [-0.39, 0.29) is 23.7 Å². The van der Waals surface area contributed by atoms with Gasteiger partial charge in [-0.3, -0.25) is 9.59 Å². The fourth-order valence-electron chi connectivity index (χ4n) is 2.86. The summed E-state index contributed by atoms with van der Waals surface area (Å²) in [4.78, 5) is 24.3. The quantitative estimate of drug-likeness (QED) is 0.802. The van der Waals surface area contributed by atoms with Crippen molar-refractivity contribution in [3.05, 3.63) is 59.9 Å². The molecule has 2 unspecified atom stereocenters. The monoisotopic (exact) mass is 356 g/mol. The van der Waals surface area contributed by atoms with E-state index in [1.165, 1.54) is 18.2 Å². The molecule has 2 N–H and O–H groups in total. The average molecular weight is 356 g/mol. The molecule has 2 aromatic rings. The summed E-state index contributed by atoms with van der Waals surface area (Å²) in [5.74, 6) is -0.657. The van der Waals surface area contributed by atoms with Crippen LogP contribution in [-0.4, -0.2) is 25.5 Å². The second kappa shape index (κ2) is 7.99. The molecule has 2 amide bonds. The summed E-state index contributed by atoms with van der Waals surface area (Å²) < 4.78 is 18.3. The van der Waals surface area contributed by atoms with E-state index in [0.717, 1.165) is 11.3 Å². The second-order valence-corrected chi connectivity index (χ2v) is 6.34. The van der Waals surface area contributed by atoms with Gasteiger partial charge in [0.25, 0.3) is 0 Å². The first-order valence-corrected chi connectivity index (χ1v) is 8.54. The average Bonchev–Trinajstić information content (AvgIpc) is 3.43. The van der Waals surface area contributed by atoms with Gasteiger partial charge in [-0.1, -0.05) is 18.2 Å². The molecule has 1 saturated carbocycles. The van der Waals surface area contributed by atoms with Crippen molar-refractivity contribution in [2.45, 2.75) is 12.8 Å². The number of hydrogen-bond acceptors (Lipinski definition) is 3. The van der Waals surface area contributed by atoms with E-state index in [9.17, 15) is 14.0 Å². The van der Waals surface area contributed by atoms with Gasteiger partial charge in [0.15, 0.2) is 0 Å². The van der Waals surface area contributed by atoms with Crippen molar-refractivity contribution in [2.75, 3.05) is 19.0 Å². The highest BCUT2D eigenvalue weighted by Gasteiger charge is 2.47. The summed E-state index contributed by atoms with van der Waals surface area (Å²) >= 11 is 0. The number of ether oxygens (including phenoxy) is 1. The summed E-state index contributed by atoms with van der Waals surface area (Å²) in [7, 11) is 1.61. The molecular weight excluding hydrogens is 335 g/mol. The maximum Gasteiger partial charge on any atom is 0.228 e. The van der Waals surface area contributed by atoms with Crippen molar-refractivity contribution in [2.24, 2.45) is 11.8 Å². The van der Waals surface area contributed by atoms with E-state index in [4.69, 9.17) is 4.74 Å². The van der Waals surface area contributed by atoms with Gasteiger partial charge in [0.1, 0.15) is 11.6 Å². The highest BCUT2D eigenvalue weighted by atomic mass is 19.1. The van der Waals surface area contributed by atoms with Crippen molar-refractivity contribution in [1.82, 2.24) is 5.32 Å². The minimum Gasteiger partial charge on any atom is -0.497 e. The largest absolute Gasteiger partial charge is 0.497 e. The third-order valence-electron chi connectivity index (χ3n) is 4.40. The first-order chi connectivity index (χ1) is 12.6. The molecule has 2 atom stereocenters. The third-order valence-corrected chi connectivity index (χ3v) is 4.40. The van der Waals surface area contributed by atoms with E-state index in [2.05, 4.69) is 10.6 Å². The van der Waals surface area contributed by atoms with Crippen LogP contribution in [0.3, 0.4) is 0 Å². The number of carbonyl (C=O) groups is 2. The number of halogens is 1. The summed E-state index contributed by atoms with van der Waals surface area (Å²) in [6.45, 7) is 0.501. The molecule has 5 nitrogen and oxygen atoms in total. The Bertz CT molecular complexity index is 809. The van der Waals surface area contributed by atoms with Gasteiger partial charge in [0.05, 0.1) is 18.9 Å². The molecule has 136 valence electrons. The third kappa shape index (κ3) is 4.59. The Morgan fingerprint density at radius 2 is 1.88 bits per heavy atom. The molecule has 1 aliphatic carbocycles. The maximum atomic E-state index is 13.1. The van der Waals surface area contributed by atoms with Gasteiger partial charge in [-0.15, -0.1) is 0 Å². The maximum absolute atomic E-state index is 13.1. The van der Waals surface area contributed by atoms with E-state index >= 15 is 0 Å². The van der Waals surface area contributed by atoms with Crippen LogP contribution in [0.2, 0.25) is 0 Å². The van der Waals surface area contributed by atoms with Gasteiger partial charge >= 0.3 is 0 Å². The zero-order valence-corrected chi connectivity index (χ0v) is 14.5. The Hall–Kier alpha value is -2.89. The van der Waals surface area contributed by atoms with Crippen molar-refractivity contribution in [1.29, 1.82) is 0 Å². The Morgan fingerprint density at radius 3 is 2.65 bits per heavy atom. The lowest BCUT2D eigenvalue weighted by molar-refractivity contribution is -0.125. The number of methoxy groups -OCH3 is 1. The molecule has 0 aromatic heterocycles. The molecule has 0 spiro atoms. The minimum absolute atomic E-state index is 0.118. The molecule has 6 heteroatoms. The van der Waals surface area contributed by atoms with Crippen LogP contribution in [0, 0.1) is 17.7 Å². The van der Waals surface area contributed by atoms with Crippen LogP contribution < -0.4 is 15.4 Å². The van der Waals surface area contributed by atoms with E-state index in [1.54, 1.807) is 13.2 Å². The van der Waals surface area contributed by atoms with Crippen LogP contribution in [-0.2, 0) is 16.0 Å². The molecule has 0 heterocycles. The highest BCUT2D eigenvalue weighted by molar-refractivity contribution is 5.99. The smallest absolute Gasteiger partial charge is 0.228 e. The Labute approximate surface area is 151 Å². The van der Waals surface area contributed by atoms with Crippen LogP contribution in [0.1, 0.15) is 12.0 Å². The number of carbonyl (C=O) groups excluding carboxylic acids is 2. The Morgan fingerprint density at radius 1 is 1.12 bits per heavy atom. The lowest BCUT2D eigenvalue weighted by Gasteiger charge is -2.07. The normalized spacial score (nSPS) is 18.1. The van der Waals surface area contributed by atoms with Crippen LogP contribution in [0.5, 0.6) is 5.75 Å². The predicted octanol–water partition coefficient (Wildman–Crippen LogP) is 2.77.